The summed E-state index contributed by atoms with van der Waals surface area (Å²) in [5.74, 6) is -0.321. The van der Waals surface area contributed by atoms with Gasteiger partial charge in [0, 0.05) is 46.0 Å². The van der Waals surface area contributed by atoms with Gasteiger partial charge in [-0.15, -0.1) is 4.40 Å². The second-order valence-corrected chi connectivity index (χ2v) is 6.96. The first kappa shape index (κ1) is 18.2. The Hall–Kier alpha value is -1.86. The first-order valence-electron chi connectivity index (χ1n) is 6.29. The Morgan fingerprint density at radius 1 is 1.18 bits per heavy atom. The van der Waals surface area contributed by atoms with E-state index in [-0.39, 0.29) is 21.3 Å². The van der Waals surface area contributed by atoms with E-state index < -0.39 is 10.0 Å². The summed E-state index contributed by atoms with van der Waals surface area (Å²) in [5.41, 5.74) is 0.223. The maximum Gasteiger partial charge on any atom is 0.285 e. The molecule has 0 spiro atoms. The number of benzene rings is 1. The first-order chi connectivity index (χ1) is 10.1. The van der Waals surface area contributed by atoms with Crippen molar-refractivity contribution < 1.29 is 13.2 Å². The average Bonchev–Trinajstić information content (AvgIpc) is 2.43. The molecule has 8 heteroatoms. The molecule has 0 fully saturated rings. The predicted molar refractivity (Wildman–Crippen MR) is 88.0 cm³/mol. The van der Waals surface area contributed by atoms with Crippen LogP contribution in [0.2, 0.25) is 5.02 Å². The third kappa shape index (κ3) is 5.16. The molecule has 0 bridgehead atoms. The standard InChI is InChI=1S/C14H18ClN3O3S/c1-17(2)8-7-13(19)11-5-6-12(15)14(9-11)22(20,21)16-10-18(3)4/h5-10H,1-4H3/b8-7+,16-10?. The summed E-state index contributed by atoms with van der Waals surface area (Å²) in [4.78, 5) is 15.0. The molecule has 0 aliphatic rings. The van der Waals surface area contributed by atoms with E-state index in [1.807, 2.05) is 0 Å². The summed E-state index contributed by atoms with van der Waals surface area (Å²) in [6.45, 7) is 0. The molecular weight excluding hydrogens is 326 g/mol. The van der Waals surface area contributed by atoms with Crippen molar-refractivity contribution in [3.8, 4) is 0 Å². The van der Waals surface area contributed by atoms with E-state index in [2.05, 4.69) is 4.40 Å². The number of hydrogen-bond donors (Lipinski definition) is 0. The van der Waals surface area contributed by atoms with Gasteiger partial charge in [-0.3, -0.25) is 4.79 Å². The van der Waals surface area contributed by atoms with Crippen molar-refractivity contribution in [1.29, 1.82) is 0 Å². The molecule has 0 radical (unpaired) electrons. The van der Waals surface area contributed by atoms with E-state index in [9.17, 15) is 13.2 Å². The number of nitrogens with zero attached hydrogens (tertiary/aromatic N) is 3. The number of hydrogen-bond acceptors (Lipinski definition) is 4. The fraction of sp³-hybridized carbons (Fsp3) is 0.286. The van der Waals surface area contributed by atoms with Crippen molar-refractivity contribution >= 4 is 33.7 Å². The lowest BCUT2D eigenvalue weighted by Crippen LogP contribution is -2.10. The van der Waals surface area contributed by atoms with Crippen LogP contribution in [0.1, 0.15) is 10.4 Å². The van der Waals surface area contributed by atoms with Gasteiger partial charge in [-0.05, 0) is 18.2 Å². The van der Waals surface area contributed by atoms with Gasteiger partial charge in [-0.25, -0.2) is 0 Å². The molecule has 0 aliphatic heterocycles. The van der Waals surface area contributed by atoms with Crippen molar-refractivity contribution in [3.63, 3.8) is 0 Å². The largest absolute Gasteiger partial charge is 0.383 e. The molecule has 0 atom stereocenters. The summed E-state index contributed by atoms with van der Waals surface area (Å²) < 4.78 is 27.8. The molecule has 0 saturated carbocycles. The highest BCUT2D eigenvalue weighted by molar-refractivity contribution is 7.90. The SMILES string of the molecule is CN(C)C=NS(=O)(=O)c1cc(C(=O)/C=C/N(C)C)ccc1Cl. The van der Waals surface area contributed by atoms with Crippen molar-refractivity contribution in [2.75, 3.05) is 28.2 Å². The second kappa shape index (κ2) is 7.42. The Labute approximate surface area is 135 Å². The maximum atomic E-state index is 12.2. The molecule has 0 heterocycles. The molecule has 1 rings (SSSR count). The van der Waals surface area contributed by atoms with Crippen LogP contribution < -0.4 is 0 Å². The minimum absolute atomic E-state index is 0.0176. The number of ketones is 1. The van der Waals surface area contributed by atoms with Gasteiger partial charge < -0.3 is 9.80 Å². The van der Waals surface area contributed by atoms with Gasteiger partial charge in [0.25, 0.3) is 10.0 Å². The first-order valence-corrected chi connectivity index (χ1v) is 8.10. The Bertz CT molecular complexity index is 710. The molecule has 0 saturated heterocycles. The minimum atomic E-state index is -3.96. The van der Waals surface area contributed by atoms with Crippen molar-refractivity contribution in [2.24, 2.45) is 4.40 Å². The van der Waals surface area contributed by atoms with Crippen molar-refractivity contribution in [1.82, 2.24) is 9.80 Å². The van der Waals surface area contributed by atoms with Crippen LogP contribution in [-0.2, 0) is 10.0 Å². The topological polar surface area (TPSA) is 70.0 Å². The number of sulfonamides is 1. The van der Waals surface area contributed by atoms with Gasteiger partial charge in [0.15, 0.2) is 5.78 Å². The molecule has 0 aliphatic carbocycles. The van der Waals surface area contributed by atoms with E-state index in [4.69, 9.17) is 11.6 Å². The zero-order valence-electron chi connectivity index (χ0n) is 12.8. The third-order valence-corrected chi connectivity index (χ3v) is 4.14. The van der Waals surface area contributed by atoms with Crippen LogP contribution in [0.3, 0.4) is 0 Å². The van der Waals surface area contributed by atoms with Crippen LogP contribution in [-0.4, -0.2) is 58.5 Å². The number of rotatable bonds is 6. The highest BCUT2D eigenvalue weighted by Crippen LogP contribution is 2.24. The molecule has 22 heavy (non-hydrogen) atoms. The van der Waals surface area contributed by atoms with Gasteiger partial charge in [0.05, 0.1) is 5.02 Å². The maximum absolute atomic E-state index is 12.2. The lowest BCUT2D eigenvalue weighted by atomic mass is 10.1. The van der Waals surface area contributed by atoms with E-state index in [0.717, 1.165) is 6.34 Å². The number of carbonyl (C=O) groups excluding carboxylic acids is 1. The van der Waals surface area contributed by atoms with Crippen LogP contribution in [0.5, 0.6) is 0 Å². The highest BCUT2D eigenvalue weighted by atomic mass is 35.5. The molecule has 1 aromatic rings. The summed E-state index contributed by atoms with van der Waals surface area (Å²) in [5, 5.41) is 0.0176. The summed E-state index contributed by atoms with van der Waals surface area (Å²) in [6, 6.07) is 4.07. The summed E-state index contributed by atoms with van der Waals surface area (Å²) >= 11 is 5.92. The van der Waals surface area contributed by atoms with Crippen LogP contribution >= 0.6 is 11.6 Å². The molecule has 0 amide bonds. The van der Waals surface area contributed by atoms with Gasteiger partial charge in [0.2, 0.25) is 0 Å². The van der Waals surface area contributed by atoms with E-state index in [1.54, 1.807) is 39.3 Å². The number of halogens is 1. The van der Waals surface area contributed by atoms with Crippen LogP contribution in [0.25, 0.3) is 0 Å². The molecular formula is C14H18ClN3O3S. The average molecular weight is 344 g/mol. The monoisotopic (exact) mass is 343 g/mol. The summed E-state index contributed by atoms with van der Waals surface area (Å²) in [7, 11) is 2.88. The lowest BCUT2D eigenvalue weighted by Gasteiger charge is -2.07. The van der Waals surface area contributed by atoms with E-state index >= 15 is 0 Å². The molecule has 0 N–H and O–H groups in total. The Balaban J connectivity index is 3.23. The van der Waals surface area contributed by atoms with E-state index in [0.29, 0.717) is 0 Å². The predicted octanol–water partition coefficient (Wildman–Crippen LogP) is 1.88. The zero-order valence-corrected chi connectivity index (χ0v) is 14.4. The van der Waals surface area contributed by atoms with Gasteiger partial charge >= 0.3 is 0 Å². The smallest absolute Gasteiger partial charge is 0.285 e. The molecule has 6 nitrogen and oxygen atoms in total. The van der Waals surface area contributed by atoms with Crippen molar-refractivity contribution in [3.05, 3.63) is 41.1 Å². The zero-order chi connectivity index (χ0) is 16.9. The number of carbonyl (C=O) groups is 1. The lowest BCUT2D eigenvalue weighted by molar-refractivity contribution is 0.104. The van der Waals surface area contributed by atoms with E-state index in [1.165, 1.54) is 29.2 Å². The van der Waals surface area contributed by atoms with Crippen LogP contribution in [0.15, 0.2) is 39.8 Å². The quantitative estimate of drug-likeness (QED) is 0.341. The Kier molecular flexibility index (Phi) is 6.13. The van der Waals surface area contributed by atoms with Crippen LogP contribution in [0, 0.1) is 0 Å². The molecule has 0 aromatic heterocycles. The molecule has 0 unspecified atom stereocenters. The number of allylic oxidation sites excluding steroid dienone is 1. The summed E-state index contributed by atoms with van der Waals surface area (Å²) in [6.07, 6.45) is 4.09. The second-order valence-electron chi connectivity index (χ2n) is 4.95. The Morgan fingerprint density at radius 2 is 1.82 bits per heavy atom. The normalized spacial score (nSPS) is 12.0. The van der Waals surface area contributed by atoms with Crippen molar-refractivity contribution in [2.45, 2.75) is 4.90 Å². The van der Waals surface area contributed by atoms with Gasteiger partial charge in [-0.1, -0.05) is 11.6 Å². The Morgan fingerprint density at radius 3 is 2.36 bits per heavy atom. The minimum Gasteiger partial charge on any atom is -0.383 e. The third-order valence-electron chi connectivity index (χ3n) is 2.43. The van der Waals surface area contributed by atoms with Gasteiger partial charge in [-0.2, -0.15) is 8.42 Å². The molecule has 1 aromatic carbocycles. The van der Waals surface area contributed by atoms with Crippen LogP contribution in [0.4, 0.5) is 0 Å². The molecule has 120 valence electrons. The fourth-order valence-electron chi connectivity index (χ4n) is 1.38. The fourth-order valence-corrected chi connectivity index (χ4v) is 2.81. The van der Waals surface area contributed by atoms with Gasteiger partial charge in [0.1, 0.15) is 11.2 Å². The highest BCUT2D eigenvalue weighted by Gasteiger charge is 2.18.